The number of fused-ring (bicyclic) bond motifs is 1. The maximum Gasteiger partial charge on any atom is 0.351 e. The molecule has 33 heavy (non-hydrogen) atoms. The van der Waals surface area contributed by atoms with Crippen LogP contribution in [0.2, 0.25) is 15.1 Å². The fourth-order valence-corrected chi connectivity index (χ4v) is 5.14. The van der Waals surface area contributed by atoms with Crippen molar-refractivity contribution < 1.29 is 19.1 Å². The molecule has 1 amide bonds. The van der Waals surface area contributed by atoms with Gasteiger partial charge >= 0.3 is 5.97 Å². The molecule has 1 unspecified atom stereocenters. The molecular formula is C24H16Cl3NO4S. The van der Waals surface area contributed by atoms with Crippen LogP contribution in [0.5, 0.6) is 5.75 Å². The molecule has 0 saturated carbocycles. The van der Waals surface area contributed by atoms with Gasteiger partial charge in [-0.1, -0.05) is 65.1 Å². The number of hydrogen-bond acceptors (Lipinski definition) is 5. The lowest BCUT2D eigenvalue weighted by Gasteiger charge is -2.18. The minimum atomic E-state index is -1.23. The third-order valence-corrected chi connectivity index (χ3v) is 6.79. The summed E-state index contributed by atoms with van der Waals surface area (Å²) in [4.78, 5) is 26.4. The second kappa shape index (κ2) is 10.0. The largest absolute Gasteiger partial charge is 0.497 e. The second-order valence-corrected chi connectivity index (χ2v) is 9.25. The van der Waals surface area contributed by atoms with E-state index < -0.39 is 18.0 Å². The smallest absolute Gasteiger partial charge is 0.351 e. The molecule has 1 aromatic heterocycles. The van der Waals surface area contributed by atoms with Gasteiger partial charge in [0.25, 0.3) is 5.91 Å². The van der Waals surface area contributed by atoms with Crippen LogP contribution in [0.3, 0.4) is 0 Å². The molecule has 9 heteroatoms. The Morgan fingerprint density at radius 3 is 2.30 bits per heavy atom. The van der Waals surface area contributed by atoms with Crippen molar-refractivity contribution in [3.63, 3.8) is 0 Å². The molecule has 0 radical (unpaired) electrons. The molecule has 1 heterocycles. The number of ether oxygens (including phenoxy) is 2. The zero-order chi connectivity index (χ0) is 23.5. The molecule has 168 valence electrons. The van der Waals surface area contributed by atoms with Gasteiger partial charge in [0.2, 0.25) is 6.10 Å². The van der Waals surface area contributed by atoms with Crippen molar-refractivity contribution in [2.45, 2.75) is 6.10 Å². The van der Waals surface area contributed by atoms with Crippen LogP contribution in [-0.4, -0.2) is 19.0 Å². The number of methoxy groups -OCH3 is 1. The number of halogens is 3. The Kier molecular flexibility index (Phi) is 7.10. The Bertz CT molecular complexity index is 1320. The molecule has 1 N–H and O–H groups in total. The van der Waals surface area contributed by atoms with Gasteiger partial charge in [-0.25, -0.2) is 4.79 Å². The molecule has 0 saturated heterocycles. The SMILES string of the molecule is COc1ccc2c(Cl)c(C(=O)OC(C(=O)Nc3cc(Cl)cc(Cl)c3)c3ccccc3)sc2c1. The highest BCUT2D eigenvalue weighted by molar-refractivity contribution is 7.21. The molecule has 0 bridgehead atoms. The Morgan fingerprint density at radius 1 is 0.939 bits per heavy atom. The summed E-state index contributed by atoms with van der Waals surface area (Å²) in [5.41, 5.74) is 0.872. The lowest BCUT2D eigenvalue weighted by atomic mass is 10.1. The van der Waals surface area contributed by atoms with E-state index in [1.54, 1.807) is 73.8 Å². The zero-order valence-electron chi connectivity index (χ0n) is 17.1. The molecule has 1 atom stereocenters. The van der Waals surface area contributed by atoms with Crippen molar-refractivity contribution in [1.82, 2.24) is 0 Å². The predicted octanol–water partition coefficient (Wildman–Crippen LogP) is 7.41. The van der Waals surface area contributed by atoms with E-state index in [4.69, 9.17) is 44.3 Å². The van der Waals surface area contributed by atoms with Crippen molar-refractivity contribution in [3.8, 4) is 5.75 Å². The van der Waals surface area contributed by atoms with Crippen LogP contribution in [-0.2, 0) is 9.53 Å². The van der Waals surface area contributed by atoms with E-state index in [1.807, 2.05) is 0 Å². The van der Waals surface area contributed by atoms with Crippen molar-refractivity contribution in [1.29, 1.82) is 0 Å². The first kappa shape index (κ1) is 23.4. The Labute approximate surface area is 208 Å². The van der Waals surface area contributed by atoms with Crippen LogP contribution in [0.4, 0.5) is 5.69 Å². The van der Waals surface area contributed by atoms with E-state index in [0.29, 0.717) is 32.4 Å². The van der Waals surface area contributed by atoms with Crippen LogP contribution in [0.15, 0.2) is 66.7 Å². The third-order valence-electron chi connectivity index (χ3n) is 4.72. The van der Waals surface area contributed by atoms with Gasteiger partial charge in [0.15, 0.2) is 0 Å². The maximum absolute atomic E-state index is 13.1. The summed E-state index contributed by atoms with van der Waals surface area (Å²) in [5.74, 6) is -0.637. The topological polar surface area (TPSA) is 64.6 Å². The number of carbonyl (C=O) groups is 2. The van der Waals surface area contributed by atoms with Gasteiger partial charge in [0.05, 0.1) is 12.1 Å². The highest BCUT2D eigenvalue weighted by Crippen LogP contribution is 2.38. The molecule has 5 nitrogen and oxygen atoms in total. The van der Waals surface area contributed by atoms with Gasteiger partial charge in [0, 0.05) is 31.4 Å². The van der Waals surface area contributed by atoms with E-state index in [2.05, 4.69) is 5.32 Å². The van der Waals surface area contributed by atoms with E-state index in [9.17, 15) is 9.59 Å². The molecule has 3 aromatic carbocycles. The first-order valence-corrected chi connectivity index (χ1v) is 11.6. The Morgan fingerprint density at radius 2 is 1.64 bits per heavy atom. The van der Waals surface area contributed by atoms with Gasteiger partial charge in [-0.2, -0.15) is 0 Å². The number of carbonyl (C=O) groups excluding carboxylic acids is 2. The number of anilines is 1. The average Bonchev–Trinajstić information content (AvgIpc) is 3.13. The van der Waals surface area contributed by atoms with Crippen molar-refractivity contribution in [2.24, 2.45) is 0 Å². The summed E-state index contributed by atoms with van der Waals surface area (Å²) < 4.78 is 11.7. The summed E-state index contributed by atoms with van der Waals surface area (Å²) in [5, 5.41) is 4.38. The van der Waals surface area contributed by atoms with Gasteiger partial charge in [-0.3, -0.25) is 4.79 Å². The normalized spacial score (nSPS) is 11.8. The quantitative estimate of drug-likeness (QED) is 0.269. The fourth-order valence-electron chi connectivity index (χ4n) is 3.20. The number of rotatable bonds is 6. The molecule has 0 fully saturated rings. The second-order valence-electron chi connectivity index (χ2n) is 6.95. The van der Waals surface area contributed by atoms with Crippen molar-refractivity contribution in [2.75, 3.05) is 12.4 Å². The average molecular weight is 521 g/mol. The molecule has 0 aliphatic carbocycles. The van der Waals surface area contributed by atoms with E-state index >= 15 is 0 Å². The fraction of sp³-hybridized carbons (Fsp3) is 0.0833. The minimum absolute atomic E-state index is 0.194. The zero-order valence-corrected chi connectivity index (χ0v) is 20.2. The lowest BCUT2D eigenvalue weighted by molar-refractivity contribution is -0.125. The van der Waals surface area contributed by atoms with Crippen molar-refractivity contribution in [3.05, 3.63) is 92.2 Å². The van der Waals surface area contributed by atoms with Gasteiger partial charge in [-0.15, -0.1) is 11.3 Å². The predicted molar refractivity (Wildman–Crippen MR) is 133 cm³/mol. The number of benzene rings is 3. The Hall–Kier alpha value is -2.77. The molecule has 0 aliphatic heterocycles. The molecule has 4 rings (SSSR count). The number of hydrogen-bond donors (Lipinski definition) is 1. The lowest BCUT2D eigenvalue weighted by Crippen LogP contribution is -2.25. The van der Waals surface area contributed by atoms with Crippen LogP contribution in [0.25, 0.3) is 10.1 Å². The van der Waals surface area contributed by atoms with E-state index in [-0.39, 0.29) is 9.90 Å². The highest BCUT2D eigenvalue weighted by atomic mass is 35.5. The maximum atomic E-state index is 13.1. The molecule has 0 spiro atoms. The van der Waals surface area contributed by atoms with Gasteiger partial charge in [-0.05, 0) is 36.4 Å². The monoisotopic (exact) mass is 519 g/mol. The summed E-state index contributed by atoms with van der Waals surface area (Å²) in [6.07, 6.45) is -1.23. The first-order chi connectivity index (χ1) is 15.9. The number of thiophene rings is 1. The standard InChI is InChI=1S/C24H16Cl3NO4S/c1-31-17-7-8-18-19(12-17)33-22(20(18)27)24(30)32-21(13-5-3-2-4-6-13)23(29)28-16-10-14(25)9-15(26)11-16/h2-12,21H,1H3,(H,28,29). The molecular weight excluding hydrogens is 505 g/mol. The van der Waals surface area contributed by atoms with Gasteiger partial charge < -0.3 is 14.8 Å². The molecule has 0 aliphatic rings. The van der Waals surface area contributed by atoms with Gasteiger partial charge in [0.1, 0.15) is 10.6 Å². The van der Waals surface area contributed by atoms with E-state index in [1.165, 1.54) is 11.3 Å². The summed E-state index contributed by atoms with van der Waals surface area (Å²) in [6, 6.07) is 18.6. The van der Waals surface area contributed by atoms with Crippen LogP contribution in [0, 0.1) is 0 Å². The summed E-state index contributed by atoms with van der Waals surface area (Å²) in [7, 11) is 1.56. The highest BCUT2D eigenvalue weighted by Gasteiger charge is 2.28. The van der Waals surface area contributed by atoms with Crippen LogP contribution >= 0.6 is 46.1 Å². The summed E-state index contributed by atoms with van der Waals surface area (Å²) in [6.45, 7) is 0. The van der Waals surface area contributed by atoms with Crippen LogP contribution < -0.4 is 10.1 Å². The summed E-state index contributed by atoms with van der Waals surface area (Å²) >= 11 is 19.7. The number of amides is 1. The van der Waals surface area contributed by atoms with E-state index in [0.717, 1.165) is 4.70 Å². The number of esters is 1. The molecule has 4 aromatic rings. The first-order valence-electron chi connectivity index (χ1n) is 9.64. The third kappa shape index (κ3) is 5.25. The minimum Gasteiger partial charge on any atom is -0.497 e. The van der Waals surface area contributed by atoms with Crippen molar-refractivity contribution >= 4 is 73.8 Å². The Balaban J connectivity index is 1.64. The number of nitrogens with one attached hydrogen (secondary N) is 1. The van der Waals surface area contributed by atoms with Crippen LogP contribution in [0.1, 0.15) is 21.3 Å².